The van der Waals surface area contributed by atoms with Crippen molar-refractivity contribution in [2.75, 3.05) is 10.6 Å². The SMILES string of the molecule is Cc1cccc(C)c1NC(=S)Nc1ncc2cc(-c3ncn(-c4ccc(OC(F)(F)F)cc4)n3)ccc2n1. The zero-order valence-corrected chi connectivity index (χ0v) is 20.9. The number of halogens is 3. The van der Waals surface area contributed by atoms with E-state index in [-0.39, 0.29) is 5.75 Å². The monoisotopic (exact) mass is 535 g/mol. The minimum atomic E-state index is -4.75. The number of benzene rings is 3. The summed E-state index contributed by atoms with van der Waals surface area (Å²) in [4.78, 5) is 13.2. The van der Waals surface area contributed by atoms with Crippen molar-refractivity contribution in [2.24, 2.45) is 0 Å². The molecular formula is C26H20F3N7OS. The van der Waals surface area contributed by atoms with Crippen LogP contribution in [-0.2, 0) is 0 Å². The molecule has 0 fully saturated rings. The third kappa shape index (κ3) is 5.70. The van der Waals surface area contributed by atoms with E-state index in [1.807, 2.05) is 50.2 Å². The highest BCUT2D eigenvalue weighted by atomic mass is 32.1. The molecule has 38 heavy (non-hydrogen) atoms. The average Bonchev–Trinajstić information content (AvgIpc) is 3.36. The largest absolute Gasteiger partial charge is 0.573 e. The van der Waals surface area contributed by atoms with Gasteiger partial charge in [-0.1, -0.05) is 18.2 Å². The van der Waals surface area contributed by atoms with Gasteiger partial charge in [0, 0.05) is 22.8 Å². The van der Waals surface area contributed by atoms with Crippen LogP contribution in [0.2, 0.25) is 0 Å². The number of hydrogen-bond acceptors (Lipinski definition) is 6. The van der Waals surface area contributed by atoms with E-state index in [1.54, 1.807) is 6.20 Å². The van der Waals surface area contributed by atoms with Crippen molar-refractivity contribution in [3.05, 3.63) is 84.3 Å². The molecule has 0 amide bonds. The Morgan fingerprint density at radius 3 is 2.39 bits per heavy atom. The lowest BCUT2D eigenvalue weighted by molar-refractivity contribution is -0.274. The van der Waals surface area contributed by atoms with E-state index in [2.05, 4.69) is 35.4 Å². The molecule has 0 bridgehead atoms. The normalized spacial score (nSPS) is 11.4. The molecule has 5 aromatic rings. The molecule has 192 valence electrons. The molecule has 0 unspecified atom stereocenters. The van der Waals surface area contributed by atoms with Crippen molar-refractivity contribution in [2.45, 2.75) is 20.2 Å². The van der Waals surface area contributed by atoms with Crippen LogP contribution in [0.3, 0.4) is 0 Å². The fourth-order valence-electron chi connectivity index (χ4n) is 3.81. The minimum absolute atomic E-state index is 0.313. The van der Waals surface area contributed by atoms with Crippen molar-refractivity contribution in [3.63, 3.8) is 0 Å². The first-order chi connectivity index (χ1) is 18.1. The van der Waals surface area contributed by atoms with E-state index >= 15 is 0 Å². The second-order valence-electron chi connectivity index (χ2n) is 8.37. The maximum atomic E-state index is 12.4. The van der Waals surface area contributed by atoms with Gasteiger partial charge in [0.1, 0.15) is 12.1 Å². The first-order valence-corrected chi connectivity index (χ1v) is 11.7. The maximum absolute atomic E-state index is 12.4. The van der Waals surface area contributed by atoms with Crippen molar-refractivity contribution in [1.29, 1.82) is 0 Å². The number of fused-ring (bicyclic) bond motifs is 1. The van der Waals surface area contributed by atoms with Crippen LogP contribution in [0.15, 0.2) is 73.2 Å². The molecule has 0 aliphatic heterocycles. The van der Waals surface area contributed by atoms with Crippen LogP contribution < -0.4 is 15.4 Å². The standard InChI is InChI=1S/C26H20F3N7OS/c1-15-4-3-5-16(2)22(15)33-25(38)34-24-30-13-18-12-17(6-11-21(18)32-24)23-31-14-36(35-23)19-7-9-20(10-8-19)37-26(27,28)29/h3-14H,1-2H3,(H2,30,32,33,34,38). The number of ether oxygens (including phenoxy) is 1. The van der Waals surface area contributed by atoms with Gasteiger partial charge in [0.25, 0.3) is 0 Å². The number of aryl methyl sites for hydroxylation is 2. The predicted octanol–water partition coefficient (Wildman–Crippen LogP) is 6.20. The molecule has 0 saturated carbocycles. The van der Waals surface area contributed by atoms with Gasteiger partial charge in [-0.3, -0.25) is 0 Å². The summed E-state index contributed by atoms with van der Waals surface area (Å²) in [6, 6.07) is 16.8. The van der Waals surface area contributed by atoms with Crippen molar-refractivity contribution in [1.82, 2.24) is 24.7 Å². The molecule has 0 aliphatic carbocycles. The third-order valence-electron chi connectivity index (χ3n) is 5.61. The Balaban J connectivity index is 1.30. The van der Waals surface area contributed by atoms with Gasteiger partial charge >= 0.3 is 6.36 Å². The Hall–Kier alpha value is -4.58. The van der Waals surface area contributed by atoms with Gasteiger partial charge in [-0.25, -0.2) is 19.6 Å². The summed E-state index contributed by atoms with van der Waals surface area (Å²) in [5, 5.41) is 11.8. The van der Waals surface area contributed by atoms with Gasteiger partial charge in [-0.05, 0) is 79.7 Å². The van der Waals surface area contributed by atoms with Gasteiger partial charge < -0.3 is 15.4 Å². The zero-order valence-electron chi connectivity index (χ0n) is 20.1. The van der Waals surface area contributed by atoms with E-state index in [1.165, 1.54) is 35.3 Å². The smallest absolute Gasteiger partial charge is 0.406 e. The second kappa shape index (κ2) is 10.1. The van der Waals surface area contributed by atoms with Gasteiger partial charge in [0.05, 0.1) is 11.2 Å². The summed E-state index contributed by atoms with van der Waals surface area (Å²) in [5.41, 5.74) is 5.04. The zero-order chi connectivity index (χ0) is 26.9. The Kier molecular flexibility index (Phi) is 6.64. The lowest BCUT2D eigenvalue weighted by atomic mass is 10.1. The number of thiocarbonyl (C=S) groups is 1. The predicted molar refractivity (Wildman–Crippen MR) is 142 cm³/mol. The van der Waals surface area contributed by atoms with E-state index in [0.717, 1.165) is 27.8 Å². The number of nitrogens with zero attached hydrogens (tertiary/aromatic N) is 5. The first kappa shape index (κ1) is 25.1. The van der Waals surface area contributed by atoms with Crippen LogP contribution in [-0.4, -0.2) is 36.2 Å². The molecule has 0 atom stereocenters. The number of anilines is 2. The Morgan fingerprint density at radius 1 is 0.947 bits per heavy atom. The third-order valence-corrected chi connectivity index (χ3v) is 5.81. The molecule has 12 heteroatoms. The molecule has 8 nitrogen and oxygen atoms in total. The Morgan fingerprint density at radius 2 is 1.68 bits per heavy atom. The number of alkyl halides is 3. The fourth-order valence-corrected chi connectivity index (χ4v) is 4.00. The highest BCUT2D eigenvalue weighted by molar-refractivity contribution is 7.80. The van der Waals surface area contributed by atoms with Crippen LogP contribution in [0.25, 0.3) is 28.0 Å². The fraction of sp³-hybridized carbons (Fsp3) is 0.115. The van der Waals surface area contributed by atoms with E-state index in [4.69, 9.17) is 12.2 Å². The Bertz CT molecular complexity index is 1610. The summed E-state index contributed by atoms with van der Waals surface area (Å²) in [5.74, 6) is 0.477. The van der Waals surface area contributed by atoms with Gasteiger partial charge in [0.2, 0.25) is 5.95 Å². The molecular weight excluding hydrogens is 515 g/mol. The lowest BCUT2D eigenvalue weighted by Gasteiger charge is -2.14. The van der Waals surface area contributed by atoms with E-state index in [9.17, 15) is 13.2 Å². The molecule has 2 aromatic heterocycles. The van der Waals surface area contributed by atoms with Crippen LogP contribution in [0.5, 0.6) is 5.75 Å². The highest BCUT2D eigenvalue weighted by Crippen LogP contribution is 2.25. The molecule has 2 N–H and O–H groups in total. The number of aromatic nitrogens is 5. The number of rotatable bonds is 5. The summed E-state index contributed by atoms with van der Waals surface area (Å²) in [6.07, 6.45) is -1.60. The van der Waals surface area contributed by atoms with Gasteiger partial charge in [-0.2, -0.15) is 0 Å². The lowest BCUT2D eigenvalue weighted by Crippen LogP contribution is -2.21. The first-order valence-electron chi connectivity index (χ1n) is 11.3. The topological polar surface area (TPSA) is 89.8 Å². The molecule has 2 heterocycles. The van der Waals surface area contributed by atoms with Crippen LogP contribution in [0.4, 0.5) is 24.8 Å². The molecule has 0 saturated heterocycles. The number of para-hydroxylation sites is 1. The highest BCUT2D eigenvalue weighted by Gasteiger charge is 2.31. The average molecular weight is 536 g/mol. The minimum Gasteiger partial charge on any atom is -0.406 e. The quantitative estimate of drug-likeness (QED) is 0.257. The Labute approximate surface area is 220 Å². The summed E-state index contributed by atoms with van der Waals surface area (Å²) < 4.78 is 42.5. The van der Waals surface area contributed by atoms with Gasteiger partial charge in [-0.15, -0.1) is 18.3 Å². The second-order valence-corrected chi connectivity index (χ2v) is 8.78. The van der Waals surface area contributed by atoms with Crippen molar-refractivity contribution in [3.8, 4) is 22.8 Å². The van der Waals surface area contributed by atoms with Crippen molar-refractivity contribution < 1.29 is 17.9 Å². The molecule has 0 radical (unpaired) electrons. The molecule has 5 rings (SSSR count). The van der Waals surface area contributed by atoms with Gasteiger partial charge in [0.15, 0.2) is 10.9 Å². The van der Waals surface area contributed by atoms with E-state index in [0.29, 0.717) is 28.1 Å². The van der Waals surface area contributed by atoms with Crippen LogP contribution in [0, 0.1) is 13.8 Å². The molecule has 3 aromatic carbocycles. The summed E-state index contributed by atoms with van der Waals surface area (Å²) in [7, 11) is 0. The van der Waals surface area contributed by atoms with Crippen LogP contribution in [0.1, 0.15) is 11.1 Å². The number of nitrogens with one attached hydrogen (secondary N) is 2. The van der Waals surface area contributed by atoms with Crippen molar-refractivity contribution >= 4 is 39.9 Å². The van der Waals surface area contributed by atoms with Crippen LogP contribution >= 0.6 is 12.2 Å². The summed E-state index contributed by atoms with van der Waals surface area (Å²) in [6.45, 7) is 4.01. The maximum Gasteiger partial charge on any atom is 0.573 e. The molecule has 0 aliphatic rings. The number of hydrogen-bond donors (Lipinski definition) is 2. The van der Waals surface area contributed by atoms with E-state index < -0.39 is 6.36 Å². The molecule has 0 spiro atoms. The summed E-state index contributed by atoms with van der Waals surface area (Å²) >= 11 is 5.44.